The van der Waals surface area contributed by atoms with E-state index in [1.807, 2.05) is 15.9 Å². The first-order valence-corrected chi connectivity index (χ1v) is 10.5. The highest BCUT2D eigenvalue weighted by molar-refractivity contribution is 5.62. The minimum absolute atomic E-state index is 0.199. The lowest BCUT2D eigenvalue weighted by molar-refractivity contribution is 0.357. The molecular weight excluding hydrogens is 396 g/mol. The normalized spacial score (nSPS) is 21.0. The lowest BCUT2D eigenvalue weighted by Gasteiger charge is -2.29. The van der Waals surface area contributed by atoms with Crippen LogP contribution in [0.3, 0.4) is 0 Å². The van der Waals surface area contributed by atoms with E-state index in [1.165, 1.54) is 0 Å². The average molecular weight is 420 g/mol. The second-order valence-electron chi connectivity index (χ2n) is 7.90. The smallest absolute Gasteiger partial charge is 0.225 e. The number of benzene rings is 1. The maximum atomic E-state index is 10.7. The fraction of sp³-hybridized carbons (Fsp3) is 0.364. The molecule has 3 N–H and O–H groups in total. The number of aromatic nitrogens is 4. The molecule has 5 rings (SSSR count). The predicted octanol–water partition coefficient (Wildman–Crippen LogP) is 3.07. The van der Waals surface area contributed by atoms with Crippen LogP contribution in [0.15, 0.2) is 43.0 Å². The van der Waals surface area contributed by atoms with E-state index in [9.17, 15) is 15.3 Å². The molecule has 2 aliphatic heterocycles. The fourth-order valence-corrected chi connectivity index (χ4v) is 4.74. The van der Waals surface area contributed by atoms with Crippen LogP contribution in [0.25, 0.3) is 0 Å². The Morgan fingerprint density at radius 1 is 0.645 bits per heavy atom. The Bertz CT molecular complexity index is 984. The molecule has 0 saturated carbocycles. The molecule has 0 bridgehead atoms. The van der Waals surface area contributed by atoms with Crippen molar-refractivity contribution in [2.24, 2.45) is 0 Å². The highest BCUT2D eigenvalue weighted by Crippen LogP contribution is 2.50. The molecule has 2 fully saturated rings. The third kappa shape index (κ3) is 3.35. The minimum Gasteiger partial charge on any atom is -0.504 e. The summed E-state index contributed by atoms with van der Waals surface area (Å²) in [6, 6.07) is 4.93. The van der Waals surface area contributed by atoms with Crippen LogP contribution in [0, 0.1) is 0 Å². The van der Waals surface area contributed by atoms with Gasteiger partial charge in [-0.2, -0.15) is 0 Å². The van der Waals surface area contributed by atoms with Crippen molar-refractivity contribution in [3.05, 3.63) is 54.1 Å². The summed E-state index contributed by atoms with van der Waals surface area (Å²) in [7, 11) is 0. The Morgan fingerprint density at radius 3 is 1.48 bits per heavy atom. The third-order valence-corrected chi connectivity index (χ3v) is 6.15. The van der Waals surface area contributed by atoms with Gasteiger partial charge in [-0.3, -0.25) is 0 Å². The molecule has 160 valence electrons. The van der Waals surface area contributed by atoms with Crippen molar-refractivity contribution in [3.63, 3.8) is 0 Å². The second kappa shape index (κ2) is 7.90. The van der Waals surface area contributed by atoms with E-state index < -0.39 is 5.75 Å². The van der Waals surface area contributed by atoms with Crippen LogP contribution in [-0.2, 0) is 0 Å². The number of phenolic OH excluding ortho intramolecular Hbond substituents is 3. The number of rotatable bonds is 4. The lowest BCUT2D eigenvalue weighted by Crippen LogP contribution is -2.26. The molecule has 0 aliphatic carbocycles. The Labute approximate surface area is 179 Å². The van der Waals surface area contributed by atoms with Crippen molar-refractivity contribution in [2.45, 2.75) is 37.8 Å². The molecule has 0 radical (unpaired) electrons. The van der Waals surface area contributed by atoms with Gasteiger partial charge in [0.2, 0.25) is 17.6 Å². The Balaban J connectivity index is 1.56. The predicted molar refractivity (Wildman–Crippen MR) is 114 cm³/mol. The summed E-state index contributed by atoms with van der Waals surface area (Å²) in [5.41, 5.74) is 1.13. The van der Waals surface area contributed by atoms with Crippen LogP contribution in [0.2, 0.25) is 0 Å². The van der Waals surface area contributed by atoms with E-state index in [2.05, 4.69) is 19.9 Å². The molecule has 2 atom stereocenters. The van der Waals surface area contributed by atoms with Crippen LogP contribution < -0.4 is 9.80 Å². The molecule has 31 heavy (non-hydrogen) atoms. The molecule has 0 spiro atoms. The number of aromatic hydroxyl groups is 3. The van der Waals surface area contributed by atoms with Gasteiger partial charge in [-0.05, 0) is 43.9 Å². The summed E-state index contributed by atoms with van der Waals surface area (Å²) < 4.78 is 0. The third-order valence-electron chi connectivity index (χ3n) is 6.15. The van der Waals surface area contributed by atoms with Gasteiger partial charge in [0.1, 0.15) is 0 Å². The van der Waals surface area contributed by atoms with Crippen LogP contribution >= 0.6 is 0 Å². The SMILES string of the molecule is Oc1c(C2CCCN2c2ncccn2)cc(C2CCCN2c2ncccn2)c(O)c1O. The van der Waals surface area contributed by atoms with Gasteiger partial charge in [-0.15, -0.1) is 0 Å². The van der Waals surface area contributed by atoms with Gasteiger partial charge >= 0.3 is 0 Å². The van der Waals surface area contributed by atoms with Crippen molar-refractivity contribution in [3.8, 4) is 17.2 Å². The summed E-state index contributed by atoms with van der Waals surface area (Å²) in [5, 5.41) is 32.1. The van der Waals surface area contributed by atoms with Crippen LogP contribution in [0.1, 0.15) is 48.9 Å². The van der Waals surface area contributed by atoms with Crippen LogP contribution in [0.5, 0.6) is 17.2 Å². The summed E-state index contributed by atoms with van der Waals surface area (Å²) in [4.78, 5) is 21.5. The first kappa shape index (κ1) is 19.3. The molecule has 3 aromatic rings. The van der Waals surface area contributed by atoms with Gasteiger partial charge in [-0.25, -0.2) is 19.9 Å². The molecule has 2 unspecified atom stereocenters. The zero-order valence-corrected chi connectivity index (χ0v) is 17.0. The van der Waals surface area contributed by atoms with E-state index in [0.717, 1.165) is 38.8 Å². The first-order chi connectivity index (χ1) is 15.1. The Hall–Kier alpha value is -3.62. The number of anilines is 2. The Morgan fingerprint density at radius 2 is 1.06 bits per heavy atom. The number of nitrogens with zero attached hydrogens (tertiary/aromatic N) is 6. The number of phenols is 3. The summed E-state index contributed by atoms with van der Waals surface area (Å²) >= 11 is 0. The number of hydrogen-bond donors (Lipinski definition) is 3. The average Bonchev–Trinajstić information content (AvgIpc) is 3.49. The molecule has 0 amide bonds. The quantitative estimate of drug-likeness (QED) is 0.547. The van der Waals surface area contributed by atoms with Crippen LogP contribution in [0.4, 0.5) is 11.9 Å². The standard InChI is InChI=1S/C22H24N6O3/c29-18-14(16-5-1-11-27(16)21-23-7-3-8-24-21)13-15(19(30)20(18)31)17-6-2-12-28(17)22-25-9-4-10-26-22/h3-4,7-10,13,16-17,29-31H,1-2,5-6,11-12H2. The van der Waals surface area contributed by atoms with Crippen molar-refractivity contribution in [1.29, 1.82) is 0 Å². The van der Waals surface area contributed by atoms with Gasteiger partial charge in [0.15, 0.2) is 11.5 Å². The lowest BCUT2D eigenvalue weighted by atomic mass is 9.94. The summed E-state index contributed by atoms with van der Waals surface area (Å²) in [6.45, 7) is 1.50. The molecule has 2 aromatic heterocycles. The van der Waals surface area contributed by atoms with Crippen molar-refractivity contribution >= 4 is 11.9 Å². The van der Waals surface area contributed by atoms with Gasteiger partial charge in [-0.1, -0.05) is 0 Å². The van der Waals surface area contributed by atoms with Crippen molar-refractivity contribution in [2.75, 3.05) is 22.9 Å². The summed E-state index contributed by atoms with van der Waals surface area (Å²) in [5.74, 6) is 0.0794. The maximum Gasteiger partial charge on any atom is 0.225 e. The van der Waals surface area contributed by atoms with E-state index in [4.69, 9.17) is 0 Å². The fourth-order valence-electron chi connectivity index (χ4n) is 4.74. The van der Waals surface area contributed by atoms with E-state index >= 15 is 0 Å². The zero-order chi connectivity index (χ0) is 21.4. The molecule has 9 heteroatoms. The monoisotopic (exact) mass is 420 g/mol. The van der Waals surface area contributed by atoms with Crippen molar-refractivity contribution in [1.82, 2.24) is 19.9 Å². The zero-order valence-electron chi connectivity index (χ0n) is 17.0. The molecule has 1 aromatic carbocycles. The van der Waals surface area contributed by atoms with Gasteiger partial charge in [0, 0.05) is 49.0 Å². The minimum atomic E-state index is -0.492. The largest absolute Gasteiger partial charge is 0.504 e. The number of hydrogen-bond acceptors (Lipinski definition) is 9. The van der Waals surface area contributed by atoms with Gasteiger partial charge < -0.3 is 25.1 Å². The molecule has 2 aliphatic rings. The maximum absolute atomic E-state index is 10.7. The van der Waals surface area contributed by atoms with Gasteiger partial charge in [0.25, 0.3) is 0 Å². The van der Waals surface area contributed by atoms with Gasteiger partial charge in [0.05, 0.1) is 12.1 Å². The van der Waals surface area contributed by atoms with Crippen LogP contribution in [-0.4, -0.2) is 48.3 Å². The van der Waals surface area contributed by atoms with E-state index in [0.29, 0.717) is 23.0 Å². The van der Waals surface area contributed by atoms with E-state index in [-0.39, 0.29) is 23.6 Å². The highest BCUT2D eigenvalue weighted by Gasteiger charge is 2.36. The van der Waals surface area contributed by atoms with E-state index in [1.54, 1.807) is 36.9 Å². The topological polar surface area (TPSA) is 119 Å². The highest BCUT2D eigenvalue weighted by atomic mass is 16.3. The second-order valence-corrected chi connectivity index (χ2v) is 7.90. The molecular formula is C22H24N6O3. The molecule has 2 saturated heterocycles. The Kier molecular flexibility index (Phi) is 4.93. The molecule has 9 nitrogen and oxygen atoms in total. The first-order valence-electron chi connectivity index (χ1n) is 10.5. The molecule has 4 heterocycles. The summed E-state index contributed by atoms with van der Waals surface area (Å²) in [6.07, 6.45) is 10.1. The van der Waals surface area contributed by atoms with Crippen molar-refractivity contribution < 1.29 is 15.3 Å².